The lowest BCUT2D eigenvalue weighted by Crippen LogP contribution is -2.44. The van der Waals surface area contributed by atoms with Crippen molar-refractivity contribution in [2.24, 2.45) is 0 Å². The Kier molecular flexibility index (Phi) is 7.31. The van der Waals surface area contributed by atoms with Gasteiger partial charge in [0, 0.05) is 0 Å². The van der Waals surface area contributed by atoms with Gasteiger partial charge in [-0.3, -0.25) is 5.32 Å². The molecule has 0 saturated carbocycles. The lowest BCUT2D eigenvalue weighted by atomic mass is 9.91. The normalized spacial score (nSPS) is 20.3. The molecule has 1 unspecified atom stereocenters. The first kappa shape index (κ1) is 15.5. The molecule has 0 spiro atoms. The van der Waals surface area contributed by atoms with Gasteiger partial charge < -0.3 is 4.90 Å². The van der Waals surface area contributed by atoms with Crippen molar-refractivity contribution in [3.63, 3.8) is 0 Å². The fraction of sp³-hybridized carbons (Fsp3) is 0.933. The Balaban J connectivity index is 2.30. The Labute approximate surface area is 113 Å². The molecule has 3 heteroatoms. The monoisotopic (exact) mass is 251 g/mol. The molecule has 1 saturated heterocycles. The van der Waals surface area contributed by atoms with Gasteiger partial charge in [0.15, 0.2) is 0 Å². The molecule has 104 valence electrons. The van der Waals surface area contributed by atoms with Gasteiger partial charge in [-0.2, -0.15) is 5.26 Å². The van der Waals surface area contributed by atoms with Crippen molar-refractivity contribution < 1.29 is 0 Å². The van der Waals surface area contributed by atoms with Crippen LogP contribution in [-0.2, 0) is 0 Å². The smallest absolute Gasteiger partial charge is 0.106 e. The topological polar surface area (TPSA) is 39.1 Å². The maximum atomic E-state index is 9.41. The van der Waals surface area contributed by atoms with Gasteiger partial charge >= 0.3 is 0 Å². The highest BCUT2D eigenvalue weighted by atomic mass is 15.1. The van der Waals surface area contributed by atoms with Gasteiger partial charge in [-0.1, -0.05) is 20.3 Å². The number of nitrogens with one attached hydrogen (secondary N) is 1. The summed E-state index contributed by atoms with van der Waals surface area (Å²) in [4.78, 5) is 2.56. The minimum absolute atomic E-state index is 0.286. The first-order valence-electron chi connectivity index (χ1n) is 7.65. The third-order valence-corrected chi connectivity index (χ3v) is 4.06. The number of hydrogen-bond acceptors (Lipinski definition) is 3. The zero-order chi connectivity index (χ0) is 13.3. The molecule has 1 N–H and O–H groups in total. The lowest BCUT2D eigenvalue weighted by Gasteiger charge is -2.30. The largest absolute Gasteiger partial charge is 0.303 e. The van der Waals surface area contributed by atoms with E-state index in [1.165, 1.54) is 32.4 Å². The third-order valence-electron chi connectivity index (χ3n) is 4.06. The van der Waals surface area contributed by atoms with E-state index in [9.17, 15) is 5.26 Å². The van der Waals surface area contributed by atoms with Crippen molar-refractivity contribution in [2.45, 2.75) is 64.3 Å². The van der Waals surface area contributed by atoms with E-state index in [0.29, 0.717) is 0 Å². The Morgan fingerprint density at radius 2 is 1.94 bits per heavy atom. The molecule has 0 amide bonds. The van der Waals surface area contributed by atoms with Crippen molar-refractivity contribution in [3.8, 4) is 6.07 Å². The van der Waals surface area contributed by atoms with E-state index < -0.39 is 0 Å². The van der Waals surface area contributed by atoms with Crippen molar-refractivity contribution in [2.75, 3.05) is 26.2 Å². The van der Waals surface area contributed by atoms with Crippen LogP contribution in [-0.4, -0.2) is 36.6 Å². The standard InChI is InChI=1S/C15H29N3/c1-3-10-17-15(4-2,14-16)9-8-13-18-11-6-5-7-12-18/h17H,3-13H2,1-2H3. The molecule has 0 aliphatic carbocycles. The number of nitrogens with zero attached hydrogens (tertiary/aromatic N) is 2. The summed E-state index contributed by atoms with van der Waals surface area (Å²) < 4.78 is 0. The predicted octanol–water partition coefficient (Wildman–Crippen LogP) is 2.92. The van der Waals surface area contributed by atoms with Gasteiger partial charge in [0.1, 0.15) is 5.54 Å². The van der Waals surface area contributed by atoms with Crippen LogP contribution in [0.3, 0.4) is 0 Å². The van der Waals surface area contributed by atoms with E-state index in [1.54, 1.807) is 0 Å². The number of piperidine rings is 1. The molecule has 1 aliphatic heterocycles. The molecule has 1 rings (SSSR count). The average molecular weight is 251 g/mol. The second-order valence-electron chi connectivity index (χ2n) is 5.48. The molecule has 18 heavy (non-hydrogen) atoms. The second kappa shape index (κ2) is 8.50. The van der Waals surface area contributed by atoms with Crippen LogP contribution >= 0.6 is 0 Å². The summed E-state index contributed by atoms with van der Waals surface area (Å²) in [6.45, 7) is 8.90. The number of rotatable bonds is 8. The zero-order valence-corrected chi connectivity index (χ0v) is 12.2. The van der Waals surface area contributed by atoms with Crippen molar-refractivity contribution in [1.29, 1.82) is 5.26 Å². The van der Waals surface area contributed by atoms with E-state index in [2.05, 4.69) is 30.1 Å². The summed E-state index contributed by atoms with van der Waals surface area (Å²) in [6, 6.07) is 2.51. The summed E-state index contributed by atoms with van der Waals surface area (Å²) in [5.74, 6) is 0. The minimum Gasteiger partial charge on any atom is -0.303 e. The highest BCUT2D eigenvalue weighted by molar-refractivity contribution is 5.06. The molecular weight excluding hydrogens is 222 g/mol. The molecule has 0 radical (unpaired) electrons. The van der Waals surface area contributed by atoms with Crippen molar-refractivity contribution in [1.82, 2.24) is 10.2 Å². The Hall–Kier alpha value is -0.590. The van der Waals surface area contributed by atoms with Crippen LogP contribution in [0.5, 0.6) is 0 Å². The fourth-order valence-electron chi connectivity index (χ4n) is 2.72. The number of hydrogen-bond donors (Lipinski definition) is 1. The summed E-state index contributed by atoms with van der Waals surface area (Å²) in [7, 11) is 0. The van der Waals surface area contributed by atoms with Crippen LogP contribution in [0.25, 0.3) is 0 Å². The van der Waals surface area contributed by atoms with E-state index in [4.69, 9.17) is 0 Å². The van der Waals surface area contributed by atoms with E-state index >= 15 is 0 Å². The summed E-state index contributed by atoms with van der Waals surface area (Å²) in [5, 5.41) is 12.9. The molecule has 1 fully saturated rings. The molecule has 1 atom stereocenters. The summed E-state index contributed by atoms with van der Waals surface area (Å²) in [6.07, 6.45) is 8.22. The summed E-state index contributed by atoms with van der Waals surface area (Å²) in [5.41, 5.74) is -0.286. The Bertz CT molecular complexity index is 253. The maximum Gasteiger partial charge on any atom is 0.106 e. The molecule has 0 aromatic rings. The highest BCUT2D eigenvalue weighted by Gasteiger charge is 2.26. The van der Waals surface area contributed by atoms with E-state index in [-0.39, 0.29) is 5.54 Å². The van der Waals surface area contributed by atoms with Crippen LogP contribution in [0.4, 0.5) is 0 Å². The first-order chi connectivity index (χ1) is 8.76. The molecule has 0 aromatic carbocycles. The van der Waals surface area contributed by atoms with Gasteiger partial charge in [-0.15, -0.1) is 0 Å². The van der Waals surface area contributed by atoms with Gasteiger partial charge in [-0.25, -0.2) is 0 Å². The molecule has 0 bridgehead atoms. The number of nitriles is 1. The van der Waals surface area contributed by atoms with Crippen molar-refractivity contribution >= 4 is 0 Å². The van der Waals surface area contributed by atoms with E-state index in [1.807, 2.05) is 0 Å². The second-order valence-corrected chi connectivity index (χ2v) is 5.48. The van der Waals surface area contributed by atoms with Gasteiger partial charge in [0.2, 0.25) is 0 Å². The molecule has 1 heterocycles. The molecule has 1 aliphatic rings. The van der Waals surface area contributed by atoms with Crippen LogP contribution in [0.2, 0.25) is 0 Å². The highest BCUT2D eigenvalue weighted by Crippen LogP contribution is 2.18. The van der Waals surface area contributed by atoms with Gasteiger partial charge in [0.25, 0.3) is 0 Å². The van der Waals surface area contributed by atoms with Crippen LogP contribution in [0.1, 0.15) is 58.8 Å². The average Bonchev–Trinajstić information content (AvgIpc) is 2.44. The molecule has 0 aromatic heterocycles. The third kappa shape index (κ3) is 4.96. The molecular formula is C15H29N3. The number of likely N-dealkylation sites (tertiary alicyclic amines) is 1. The first-order valence-corrected chi connectivity index (χ1v) is 7.65. The van der Waals surface area contributed by atoms with Gasteiger partial charge in [0.05, 0.1) is 6.07 Å². The quantitative estimate of drug-likeness (QED) is 0.721. The zero-order valence-electron chi connectivity index (χ0n) is 12.2. The van der Waals surface area contributed by atoms with Crippen molar-refractivity contribution in [3.05, 3.63) is 0 Å². The predicted molar refractivity (Wildman–Crippen MR) is 76.5 cm³/mol. The van der Waals surface area contributed by atoms with Crippen LogP contribution in [0.15, 0.2) is 0 Å². The Morgan fingerprint density at radius 1 is 1.22 bits per heavy atom. The molecule has 3 nitrogen and oxygen atoms in total. The maximum absolute atomic E-state index is 9.41. The minimum atomic E-state index is -0.286. The SMILES string of the molecule is CCCNC(C#N)(CC)CCCN1CCCCC1. The lowest BCUT2D eigenvalue weighted by molar-refractivity contribution is 0.216. The fourth-order valence-corrected chi connectivity index (χ4v) is 2.72. The van der Waals surface area contributed by atoms with Gasteiger partial charge in [-0.05, 0) is 64.7 Å². The Morgan fingerprint density at radius 3 is 2.50 bits per heavy atom. The van der Waals surface area contributed by atoms with Crippen LogP contribution in [0, 0.1) is 11.3 Å². The van der Waals surface area contributed by atoms with Crippen LogP contribution < -0.4 is 5.32 Å². The van der Waals surface area contributed by atoms with E-state index in [0.717, 1.165) is 38.8 Å². The summed E-state index contributed by atoms with van der Waals surface area (Å²) >= 11 is 0.